The van der Waals surface area contributed by atoms with Gasteiger partial charge < -0.3 is 10.8 Å². The molecular weight excluding hydrogens is 264 g/mol. The van der Waals surface area contributed by atoms with Crippen molar-refractivity contribution in [1.29, 1.82) is 0 Å². The number of anilines is 1. The van der Waals surface area contributed by atoms with Crippen LogP contribution in [0, 0.1) is 6.92 Å². The third-order valence-electron chi connectivity index (χ3n) is 2.97. The molecule has 0 heterocycles. The van der Waals surface area contributed by atoms with E-state index in [-0.39, 0.29) is 17.5 Å². The number of hydrogen-bond acceptors (Lipinski definition) is 4. The Morgan fingerprint density at radius 2 is 2.00 bits per heavy atom. The summed E-state index contributed by atoms with van der Waals surface area (Å²) in [6, 6.07) is 4.58. The van der Waals surface area contributed by atoms with Gasteiger partial charge in [-0.15, -0.1) is 0 Å². The highest BCUT2D eigenvalue weighted by Crippen LogP contribution is 2.22. The molecule has 0 atom stereocenters. The van der Waals surface area contributed by atoms with Gasteiger partial charge in [-0.25, -0.2) is 8.42 Å². The Labute approximate surface area is 115 Å². The number of sulfonamides is 1. The summed E-state index contributed by atoms with van der Waals surface area (Å²) in [6.07, 6.45) is 0.415. The number of hydrogen-bond donors (Lipinski definition) is 2. The van der Waals surface area contributed by atoms with Gasteiger partial charge in [-0.3, -0.25) is 0 Å². The van der Waals surface area contributed by atoms with Crippen LogP contribution in [0.1, 0.15) is 25.8 Å². The summed E-state index contributed by atoms with van der Waals surface area (Å²) in [5.74, 6) is 0. The highest BCUT2D eigenvalue weighted by atomic mass is 32.2. The van der Waals surface area contributed by atoms with Crippen molar-refractivity contribution in [1.82, 2.24) is 4.31 Å². The zero-order chi connectivity index (χ0) is 14.6. The van der Waals surface area contributed by atoms with Gasteiger partial charge in [0, 0.05) is 24.9 Å². The van der Waals surface area contributed by atoms with Crippen molar-refractivity contribution in [2.45, 2.75) is 38.1 Å². The van der Waals surface area contributed by atoms with E-state index in [9.17, 15) is 8.42 Å². The molecule has 0 saturated heterocycles. The van der Waals surface area contributed by atoms with Crippen molar-refractivity contribution in [2.24, 2.45) is 0 Å². The van der Waals surface area contributed by atoms with Crippen molar-refractivity contribution in [3.63, 3.8) is 0 Å². The van der Waals surface area contributed by atoms with Crippen LogP contribution in [-0.4, -0.2) is 37.0 Å². The monoisotopic (exact) mass is 286 g/mol. The Bertz CT molecular complexity index is 527. The fourth-order valence-corrected chi connectivity index (χ4v) is 3.51. The predicted octanol–water partition coefficient (Wildman–Crippen LogP) is 1.36. The lowest BCUT2D eigenvalue weighted by Crippen LogP contribution is -2.38. The fourth-order valence-electron chi connectivity index (χ4n) is 1.80. The molecule has 0 bridgehead atoms. The molecule has 0 saturated carbocycles. The Morgan fingerprint density at radius 3 is 2.47 bits per heavy atom. The molecule has 0 aromatic heterocycles. The van der Waals surface area contributed by atoms with Crippen LogP contribution in [0.3, 0.4) is 0 Å². The van der Waals surface area contributed by atoms with Crippen molar-refractivity contribution < 1.29 is 13.5 Å². The van der Waals surface area contributed by atoms with E-state index in [1.165, 1.54) is 10.4 Å². The molecule has 0 unspecified atom stereocenters. The number of nitrogen functional groups attached to an aromatic ring is 1. The summed E-state index contributed by atoms with van der Waals surface area (Å²) in [6.45, 7) is 5.72. The van der Waals surface area contributed by atoms with Crippen molar-refractivity contribution in [3.8, 4) is 0 Å². The van der Waals surface area contributed by atoms with Gasteiger partial charge in [0.15, 0.2) is 0 Å². The molecule has 1 aromatic rings. The minimum absolute atomic E-state index is 0.0330. The molecule has 1 aromatic carbocycles. The Kier molecular flexibility index (Phi) is 5.34. The number of aryl methyl sites for hydroxylation is 1. The maximum absolute atomic E-state index is 12.5. The van der Waals surface area contributed by atoms with Gasteiger partial charge in [0.1, 0.15) is 0 Å². The van der Waals surface area contributed by atoms with Crippen LogP contribution in [0.15, 0.2) is 23.1 Å². The SMILES string of the molecule is Cc1ccc(S(=O)(=O)N(CCCO)C(C)C)cc1N. The Morgan fingerprint density at radius 1 is 1.37 bits per heavy atom. The lowest BCUT2D eigenvalue weighted by Gasteiger charge is -2.25. The maximum atomic E-state index is 12.5. The van der Waals surface area contributed by atoms with Crippen LogP contribution >= 0.6 is 0 Å². The highest BCUT2D eigenvalue weighted by molar-refractivity contribution is 7.89. The molecule has 0 aliphatic heterocycles. The van der Waals surface area contributed by atoms with E-state index >= 15 is 0 Å². The molecule has 0 radical (unpaired) electrons. The van der Waals surface area contributed by atoms with E-state index in [0.717, 1.165) is 5.56 Å². The van der Waals surface area contributed by atoms with Gasteiger partial charge in [0.05, 0.1) is 4.90 Å². The van der Waals surface area contributed by atoms with Crippen LogP contribution in [0.5, 0.6) is 0 Å². The summed E-state index contributed by atoms with van der Waals surface area (Å²) in [5, 5.41) is 8.87. The molecule has 0 aliphatic carbocycles. The second-order valence-electron chi connectivity index (χ2n) is 4.81. The minimum atomic E-state index is -3.57. The second kappa shape index (κ2) is 6.36. The molecule has 0 aliphatic rings. The first-order valence-electron chi connectivity index (χ1n) is 6.29. The topological polar surface area (TPSA) is 83.6 Å². The van der Waals surface area contributed by atoms with Gasteiger partial charge in [0.2, 0.25) is 10.0 Å². The van der Waals surface area contributed by atoms with Gasteiger partial charge in [-0.05, 0) is 44.9 Å². The van der Waals surface area contributed by atoms with E-state index in [1.807, 2.05) is 20.8 Å². The van der Waals surface area contributed by atoms with Crippen LogP contribution in [0.4, 0.5) is 5.69 Å². The molecule has 0 fully saturated rings. The predicted molar refractivity (Wildman–Crippen MR) is 76.3 cm³/mol. The summed E-state index contributed by atoms with van der Waals surface area (Å²) in [4.78, 5) is 0.197. The molecule has 0 spiro atoms. The number of nitrogens with two attached hydrogens (primary N) is 1. The Balaban J connectivity index is 3.15. The van der Waals surface area contributed by atoms with E-state index in [0.29, 0.717) is 18.7 Å². The van der Waals surface area contributed by atoms with Crippen molar-refractivity contribution >= 4 is 15.7 Å². The van der Waals surface area contributed by atoms with E-state index in [1.54, 1.807) is 12.1 Å². The normalized spacial score (nSPS) is 12.3. The summed E-state index contributed by atoms with van der Waals surface area (Å²) < 4.78 is 26.4. The van der Waals surface area contributed by atoms with Gasteiger partial charge in [-0.2, -0.15) is 4.31 Å². The molecule has 0 amide bonds. The smallest absolute Gasteiger partial charge is 0.243 e. The molecular formula is C13H22N2O3S. The number of nitrogens with zero attached hydrogens (tertiary/aromatic N) is 1. The summed E-state index contributed by atoms with van der Waals surface area (Å²) in [7, 11) is -3.57. The average molecular weight is 286 g/mol. The van der Waals surface area contributed by atoms with Crippen LogP contribution in [-0.2, 0) is 10.0 Å². The van der Waals surface area contributed by atoms with Gasteiger partial charge >= 0.3 is 0 Å². The standard InChI is InChI=1S/C13H22N2O3S/c1-10(2)15(7-4-8-16)19(17,18)12-6-5-11(3)13(14)9-12/h5-6,9-10,16H,4,7-8,14H2,1-3H3. The Hall–Kier alpha value is -1.11. The largest absolute Gasteiger partial charge is 0.398 e. The van der Waals surface area contributed by atoms with Gasteiger partial charge in [0.25, 0.3) is 0 Å². The average Bonchev–Trinajstić information content (AvgIpc) is 2.32. The summed E-state index contributed by atoms with van der Waals surface area (Å²) in [5.41, 5.74) is 7.09. The third kappa shape index (κ3) is 3.68. The number of benzene rings is 1. The molecule has 5 nitrogen and oxygen atoms in total. The lowest BCUT2D eigenvalue weighted by molar-refractivity contribution is 0.258. The summed E-state index contributed by atoms with van der Waals surface area (Å²) >= 11 is 0. The van der Waals surface area contributed by atoms with E-state index in [2.05, 4.69) is 0 Å². The molecule has 3 N–H and O–H groups in total. The van der Waals surface area contributed by atoms with Crippen LogP contribution < -0.4 is 5.73 Å². The first-order chi connectivity index (χ1) is 8.80. The van der Waals surface area contributed by atoms with Crippen LogP contribution in [0.25, 0.3) is 0 Å². The molecule has 1 rings (SSSR count). The molecule has 6 heteroatoms. The zero-order valence-electron chi connectivity index (χ0n) is 11.6. The minimum Gasteiger partial charge on any atom is -0.398 e. The van der Waals surface area contributed by atoms with Crippen molar-refractivity contribution in [3.05, 3.63) is 23.8 Å². The first kappa shape index (κ1) is 15.9. The number of rotatable bonds is 6. The van der Waals surface area contributed by atoms with E-state index < -0.39 is 10.0 Å². The zero-order valence-corrected chi connectivity index (χ0v) is 12.4. The second-order valence-corrected chi connectivity index (χ2v) is 6.70. The molecule has 19 heavy (non-hydrogen) atoms. The number of aliphatic hydroxyl groups is 1. The maximum Gasteiger partial charge on any atom is 0.243 e. The first-order valence-corrected chi connectivity index (χ1v) is 7.73. The van der Waals surface area contributed by atoms with Gasteiger partial charge in [-0.1, -0.05) is 6.07 Å². The van der Waals surface area contributed by atoms with Crippen molar-refractivity contribution in [2.75, 3.05) is 18.9 Å². The molecule has 108 valence electrons. The van der Waals surface area contributed by atoms with Crippen LogP contribution in [0.2, 0.25) is 0 Å². The number of aliphatic hydroxyl groups excluding tert-OH is 1. The highest BCUT2D eigenvalue weighted by Gasteiger charge is 2.26. The lowest BCUT2D eigenvalue weighted by atomic mass is 10.2. The van der Waals surface area contributed by atoms with E-state index in [4.69, 9.17) is 10.8 Å². The quantitative estimate of drug-likeness (QED) is 0.773. The third-order valence-corrected chi connectivity index (χ3v) is 5.04. The fraction of sp³-hybridized carbons (Fsp3) is 0.538.